The van der Waals surface area contributed by atoms with Gasteiger partial charge in [0.1, 0.15) is 7.05 Å². The van der Waals surface area contributed by atoms with Crippen molar-refractivity contribution in [1.82, 2.24) is 0 Å². The van der Waals surface area contributed by atoms with Crippen molar-refractivity contribution in [3.8, 4) is 22.4 Å². The molecule has 41 heavy (non-hydrogen) atoms. The van der Waals surface area contributed by atoms with Crippen LogP contribution in [0.25, 0.3) is 33.2 Å². The van der Waals surface area contributed by atoms with E-state index in [-0.39, 0.29) is 0 Å². The monoisotopic (exact) mass is 544 g/mol. The van der Waals surface area contributed by atoms with E-state index in [1.807, 2.05) is 0 Å². The quantitative estimate of drug-likeness (QED) is 0.225. The molecule has 0 radical (unpaired) electrons. The Bertz CT molecular complexity index is 1630. The molecule has 3 saturated carbocycles. The van der Waals surface area contributed by atoms with Crippen LogP contribution in [0.2, 0.25) is 0 Å². The van der Waals surface area contributed by atoms with Gasteiger partial charge >= 0.3 is 0 Å². The summed E-state index contributed by atoms with van der Waals surface area (Å²) < 4.78 is 21.4. The third kappa shape index (κ3) is 5.38. The second kappa shape index (κ2) is 11.4. The standard InChI is InChI=1S/C40H48N/c1-29-11-7-8-14-36(29)39-27-37(38(28-41(39)2)31-12-5-3-6-13-31)35-18-17-33-25-32(15-16-34(33)26-35)30-19-23-40(24-20-30)21-9-4-10-22-40/h7-8,11,14-18,25-28,30-31H,3-6,9-10,12-13,19-24H2,1-2H3/q+1/i30D,31D. The number of fused-ring (bicyclic) bond motifs is 1. The molecule has 0 atom stereocenters. The Hall–Kier alpha value is -2.93. The van der Waals surface area contributed by atoms with Gasteiger partial charge in [-0.1, -0.05) is 87.1 Å². The maximum absolute atomic E-state index is 9.63. The highest BCUT2D eigenvalue weighted by Crippen LogP contribution is 2.51. The zero-order chi connectivity index (χ0) is 29.7. The molecule has 3 aliphatic rings. The predicted molar refractivity (Wildman–Crippen MR) is 173 cm³/mol. The summed E-state index contributed by atoms with van der Waals surface area (Å²) in [6.45, 7) is 2.18. The minimum absolute atomic E-state index is 0.460. The molecule has 212 valence electrons. The normalized spacial score (nSPS) is 22.3. The number of aromatic nitrogens is 1. The highest BCUT2D eigenvalue weighted by Gasteiger charge is 2.36. The first-order chi connectivity index (χ1) is 20.8. The van der Waals surface area contributed by atoms with Gasteiger partial charge in [0.2, 0.25) is 5.69 Å². The molecule has 3 aliphatic carbocycles. The third-order valence-electron chi connectivity index (χ3n) is 10.9. The molecule has 7 rings (SSSR count). The van der Waals surface area contributed by atoms with Crippen LogP contribution in [0, 0.1) is 12.3 Å². The number of hydrogen-bond acceptors (Lipinski definition) is 0. The molecule has 0 aliphatic heterocycles. The smallest absolute Gasteiger partial charge is 0.201 e. The van der Waals surface area contributed by atoms with E-state index in [1.54, 1.807) is 0 Å². The number of pyridine rings is 1. The van der Waals surface area contributed by atoms with E-state index in [9.17, 15) is 2.74 Å². The van der Waals surface area contributed by atoms with Crippen molar-refractivity contribution in [2.24, 2.45) is 12.5 Å². The van der Waals surface area contributed by atoms with Gasteiger partial charge in [-0.05, 0) is 121 Å². The molecule has 0 unspecified atom stereocenters. The van der Waals surface area contributed by atoms with E-state index in [0.29, 0.717) is 5.41 Å². The van der Waals surface area contributed by atoms with Crippen LogP contribution in [-0.2, 0) is 7.05 Å². The van der Waals surface area contributed by atoms with Crippen LogP contribution >= 0.6 is 0 Å². The summed E-state index contributed by atoms with van der Waals surface area (Å²) >= 11 is 0. The van der Waals surface area contributed by atoms with E-state index in [4.69, 9.17) is 0 Å². The molecular formula is C40H48N+. The van der Waals surface area contributed by atoms with Crippen molar-refractivity contribution in [2.45, 2.75) is 109 Å². The summed E-state index contributed by atoms with van der Waals surface area (Å²) in [6, 6.07) is 24.7. The van der Waals surface area contributed by atoms with Crippen LogP contribution in [0.15, 0.2) is 72.9 Å². The minimum Gasteiger partial charge on any atom is -0.201 e. The molecule has 1 heterocycles. The van der Waals surface area contributed by atoms with Crippen LogP contribution in [0.1, 0.15) is 121 Å². The Labute approximate surface area is 250 Å². The zero-order valence-electron chi connectivity index (χ0n) is 27.3. The summed E-state index contributed by atoms with van der Waals surface area (Å²) in [6.07, 6.45) is 19.0. The minimum atomic E-state index is -0.553. The van der Waals surface area contributed by atoms with Gasteiger partial charge in [0.05, 0.1) is 0 Å². The third-order valence-corrected chi connectivity index (χ3v) is 10.9. The van der Waals surface area contributed by atoms with Crippen LogP contribution in [-0.4, -0.2) is 0 Å². The van der Waals surface area contributed by atoms with Gasteiger partial charge in [-0.15, -0.1) is 0 Å². The highest BCUT2D eigenvalue weighted by molar-refractivity contribution is 5.89. The lowest BCUT2D eigenvalue weighted by Crippen LogP contribution is -2.32. The highest BCUT2D eigenvalue weighted by atomic mass is 14.9. The number of rotatable bonds is 4. The molecule has 1 aromatic heterocycles. The Kier molecular flexibility index (Phi) is 6.85. The average molecular weight is 545 g/mol. The van der Waals surface area contributed by atoms with Gasteiger partial charge < -0.3 is 0 Å². The maximum Gasteiger partial charge on any atom is 0.213 e. The lowest BCUT2D eigenvalue weighted by atomic mass is 9.62. The van der Waals surface area contributed by atoms with Crippen molar-refractivity contribution < 1.29 is 7.31 Å². The number of hydrogen-bond donors (Lipinski definition) is 0. The van der Waals surface area contributed by atoms with Gasteiger partial charge in [0.15, 0.2) is 6.20 Å². The van der Waals surface area contributed by atoms with E-state index in [2.05, 4.69) is 91.5 Å². The van der Waals surface area contributed by atoms with Crippen molar-refractivity contribution in [3.63, 3.8) is 0 Å². The molecule has 1 nitrogen and oxygen atoms in total. The van der Waals surface area contributed by atoms with Crippen LogP contribution < -0.4 is 4.57 Å². The lowest BCUT2D eigenvalue weighted by Gasteiger charge is -2.43. The predicted octanol–water partition coefficient (Wildman–Crippen LogP) is 11.0. The SMILES string of the molecule is [2H]C1(c2ccc3cc(-c4cc(-c5ccccc5C)[n+](C)cc4C4([2H])CCCCC4)ccc3c2)CCC2(CCCCC2)CC1. The lowest BCUT2D eigenvalue weighted by molar-refractivity contribution is -0.660. The van der Waals surface area contributed by atoms with Gasteiger partial charge in [0.25, 0.3) is 0 Å². The van der Waals surface area contributed by atoms with Crippen molar-refractivity contribution in [2.75, 3.05) is 0 Å². The number of aryl methyl sites for hydroxylation is 2. The average Bonchev–Trinajstić information content (AvgIpc) is 3.03. The Morgan fingerprint density at radius 2 is 1.39 bits per heavy atom. The summed E-state index contributed by atoms with van der Waals surface area (Å²) in [5.74, 6) is -1.01. The summed E-state index contributed by atoms with van der Waals surface area (Å²) in [7, 11) is 2.14. The fourth-order valence-corrected chi connectivity index (χ4v) is 8.35. The summed E-state index contributed by atoms with van der Waals surface area (Å²) in [5, 5.41) is 2.45. The molecule has 0 saturated heterocycles. The second-order valence-corrected chi connectivity index (χ2v) is 13.5. The van der Waals surface area contributed by atoms with Gasteiger partial charge in [0, 0.05) is 19.9 Å². The molecule has 3 aromatic carbocycles. The van der Waals surface area contributed by atoms with Gasteiger partial charge in [-0.25, -0.2) is 4.57 Å². The Balaban J connectivity index is 1.26. The maximum atomic E-state index is 9.63. The molecule has 1 spiro atoms. The molecule has 0 bridgehead atoms. The fraction of sp³-hybridized carbons (Fsp3) is 0.475. The molecule has 1 heteroatoms. The van der Waals surface area contributed by atoms with E-state index < -0.39 is 11.8 Å². The Morgan fingerprint density at radius 3 is 2.17 bits per heavy atom. The second-order valence-electron chi connectivity index (χ2n) is 13.5. The Morgan fingerprint density at radius 1 is 0.683 bits per heavy atom. The first-order valence-corrected chi connectivity index (χ1v) is 16.4. The molecule has 3 fully saturated rings. The molecule has 4 aromatic rings. The van der Waals surface area contributed by atoms with Gasteiger partial charge in [-0.3, -0.25) is 0 Å². The number of benzene rings is 3. The van der Waals surface area contributed by atoms with E-state index in [0.717, 1.165) is 44.1 Å². The van der Waals surface area contributed by atoms with E-state index >= 15 is 0 Å². The van der Waals surface area contributed by atoms with Crippen LogP contribution in [0.5, 0.6) is 0 Å². The first kappa shape index (κ1) is 24.6. The van der Waals surface area contributed by atoms with Crippen molar-refractivity contribution in [1.29, 1.82) is 0 Å². The largest absolute Gasteiger partial charge is 0.213 e. The summed E-state index contributed by atoms with van der Waals surface area (Å²) in [4.78, 5) is 0. The molecule has 0 N–H and O–H groups in total. The first-order valence-electron chi connectivity index (χ1n) is 17.4. The summed E-state index contributed by atoms with van der Waals surface area (Å²) in [5.41, 5.74) is 8.98. The van der Waals surface area contributed by atoms with Crippen molar-refractivity contribution in [3.05, 3.63) is 89.6 Å². The fourth-order valence-electron chi connectivity index (χ4n) is 8.35. The molecule has 0 amide bonds. The van der Waals surface area contributed by atoms with Crippen LogP contribution in [0.4, 0.5) is 0 Å². The topological polar surface area (TPSA) is 3.88 Å². The molecular weight excluding hydrogens is 494 g/mol. The zero-order valence-corrected chi connectivity index (χ0v) is 25.3. The van der Waals surface area contributed by atoms with Gasteiger partial charge in [-0.2, -0.15) is 0 Å². The number of nitrogens with zero attached hydrogens (tertiary/aromatic N) is 1. The van der Waals surface area contributed by atoms with Crippen LogP contribution in [0.3, 0.4) is 0 Å². The van der Waals surface area contributed by atoms with E-state index in [1.165, 1.54) is 95.7 Å². The van der Waals surface area contributed by atoms with Crippen molar-refractivity contribution >= 4 is 10.8 Å².